The molecule has 1 atom stereocenters. The van der Waals surface area contributed by atoms with Crippen LogP contribution in [0, 0.1) is 0 Å². The Labute approximate surface area is 126 Å². The average molecular weight is 291 g/mol. The van der Waals surface area contributed by atoms with Crippen molar-refractivity contribution in [1.29, 1.82) is 0 Å². The molecule has 5 nitrogen and oxygen atoms in total. The summed E-state index contributed by atoms with van der Waals surface area (Å²) >= 11 is 0. The third-order valence-electron chi connectivity index (χ3n) is 3.77. The van der Waals surface area contributed by atoms with Gasteiger partial charge in [0.05, 0.1) is 13.2 Å². The summed E-state index contributed by atoms with van der Waals surface area (Å²) in [4.78, 5) is 15.7. The molecule has 0 spiro atoms. The fourth-order valence-corrected chi connectivity index (χ4v) is 2.52. The average Bonchev–Trinajstić information content (AvgIpc) is 2.52. The summed E-state index contributed by atoms with van der Waals surface area (Å²) in [6, 6.07) is 10.7. The molecule has 1 aromatic rings. The topological polar surface area (TPSA) is 44.8 Å². The number of morpholine rings is 1. The van der Waals surface area contributed by atoms with Gasteiger partial charge in [-0.2, -0.15) is 0 Å². The Kier molecular flexibility index (Phi) is 6.02. The van der Waals surface area contributed by atoms with Gasteiger partial charge in [-0.05, 0) is 12.0 Å². The van der Waals surface area contributed by atoms with Crippen LogP contribution in [0.15, 0.2) is 30.3 Å². The molecule has 1 saturated heterocycles. The second kappa shape index (κ2) is 8.00. The normalized spacial score (nSPS) is 17.2. The molecule has 21 heavy (non-hydrogen) atoms. The van der Waals surface area contributed by atoms with Gasteiger partial charge in [0.1, 0.15) is 0 Å². The predicted octanol–water partition coefficient (Wildman–Crippen LogP) is 1.20. The number of urea groups is 1. The first-order valence-electron chi connectivity index (χ1n) is 7.47. The number of hydrogen-bond acceptors (Lipinski definition) is 3. The van der Waals surface area contributed by atoms with Crippen molar-refractivity contribution < 1.29 is 9.53 Å². The van der Waals surface area contributed by atoms with Gasteiger partial charge in [0.25, 0.3) is 0 Å². The van der Waals surface area contributed by atoms with Crippen LogP contribution in [0.25, 0.3) is 0 Å². The van der Waals surface area contributed by atoms with E-state index >= 15 is 0 Å². The standard InChI is InChI=1S/C16H25N3O2/c1-18(2)16(20)17-13-15(19-8-10-21-11-9-19)12-14-6-4-3-5-7-14/h3-7,15H,8-13H2,1-2H3,(H,17,20). The largest absolute Gasteiger partial charge is 0.379 e. The van der Waals surface area contributed by atoms with Gasteiger partial charge in [-0.15, -0.1) is 0 Å². The smallest absolute Gasteiger partial charge is 0.316 e. The summed E-state index contributed by atoms with van der Waals surface area (Å²) < 4.78 is 5.43. The summed E-state index contributed by atoms with van der Waals surface area (Å²) in [5.41, 5.74) is 1.30. The van der Waals surface area contributed by atoms with Crippen molar-refractivity contribution in [2.75, 3.05) is 46.9 Å². The fraction of sp³-hybridized carbons (Fsp3) is 0.562. The Morgan fingerprint density at radius 1 is 1.29 bits per heavy atom. The number of ether oxygens (including phenoxy) is 1. The van der Waals surface area contributed by atoms with E-state index in [2.05, 4.69) is 34.5 Å². The first-order valence-corrected chi connectivity index (χ1v) is 7.47. The van der Waals surface area contributed by atoms with Crippen molar-refractivity contribution >= 4 is 6.03 Å². The highest BCUT2D eigenvalue weighted by Crippen LogP contribution is 2.11. The number of nitrogens with one attached hydrogen (secondary N) is 1. The summed E-state index contributed by atoms with van der Waals surface area (Å²) in [6.07, 6.45) is 0.939. The lowest BCUT2D eigenvalue weighted by Gasteiger charge is -2.35. The number of carbonyl (C=O) groups is 1. The van der Waals surface area contributed by atoms with E-state index in [4.69, 9.17) is 4.74 Å². The van der Waals surface area contributed by atoms with Crippen LogP contribution in [0.4, 0.5) is 4.79 Å². The van der Waals surface area contributed by atoms with Gasteiger partial charge in [0, 0.05) is 39.8 Å². The van der Waals surface area contributed by atoms with Crippen molar-refractivity contribution in [2.45, 2.75) is 12.5 Å². The van der Waals surface area contributed by atoms with E-state index in [1.807, 2.05) is 6.07 Å². The van der Waals surface area contributed by atoms with E-state index in [1.54, 1.807) is 19.0 Å². The molecule has 1 heterocycles. The van der Waals surface area contributed by atoms with Crippen molar-refractivity contribution in [3.05, 3.63) is 35.9 Å². The Morgan fingerprint density at radius 3 is 2.57 bits per heavy atom. The molecule has 116 valence electrons. The van der Waals surface area contributed by atoms with Crippen LogP contribution >= 0.6 is 0 Å². The highest BCUT2D eigenvalue weighted by Gasteiger charge is 2.22. The van der Waals surface area contributed by atoms with E-state index in [1.165, 1.54) is 5.56 Å². The predicted molar refractivity (Wildman–Crippen MR) is 83.4 cm³/mol. The molecule has 0 aromatic heterocycles. The molecule has 1 aromatic carbocycles. The van der Waals surface area contributed by atoms with Crippen LogP contribution < -0.4 is 5.32 Å². The first-order chi connectivity index (χ1) is 10.2. The zero-order valence-corrected chi connectivity index (χ0v) is 12.9. The Hall–Kier alpha value is -1.59. The summed E-state index contributed by atoms with van der Waals surface area (Å²) in [6.45, 7) is 4.05. The maximum atomic E-state index is 11.8. The number of carbonyl (C=O) groups excluding carboxylic acids is 1. The highest BCUT2D eigenvalue weighted by molar-refractivity contribution is 5.73. The lowest BCUT2D eigenvalue weighted by atomic mass is 10.0. The van der Waals surface area contributed by atoms with E-state index < -0.39 is 0 Å². The summed E-state index contributed by atoms with van der Waals surface area (Å²) in [5, 5.41) is 3.00. The van der Waals surface area contributed by atoms with Gasteiger partial charge in [-0.25, -0.2) is 4.79 Å². The number of rotatable bonds is 5. The van der Waals surface area contributed by atoms with Crippen LogP contribution in [0.2, 0.25) is 0 Å². The van der Waals surface area contributed by atoms with Crippen molar-refractivity contribution in [2.24, 2.45) is 0 Å². The van der Waals surface area contributed by atoms with E-state index in [0.29, 0.717) is 12.6 Å². The minimum absolute atomic E-state index is 0.0404. The zero-order valence-electron chi connectivity index (χ0n) is 12.9. The minimum atomic E-state index is -0.0404. The van der Waals surface area contributed by atoms with Crippen molar-refractivity contribution in [3.63, 3.8) is 0 Å². The zero-order chi connectivity index (χ0) is 15.1. The fourth-order valence-electron chi connectivity index (χ4n) is 2.52. The van der Waals surface area contributed by atoms with Crippen LogP contribution in [-0.4, -0.2) is 68.8 Å². The monoisotopic (exact) mass is 291 g/mol. The van der Waals surface area contributed by atoms with E-state index in [9.17, 15) is 4.79 Å². The third kappa shape index (κ3) is 5.02. The maximum Gasteiger partial charge on any atom is 0.316 e. The van der Waals surface area contributed by atoms with Crippen LogP contribution in [0.5, 0.6) is 0 Å². The molecular formula is C16H25N3O2. The molecule has 0 saturated carbocycles. The Bertz CT molecular complexity index is 430. The van der Waals surface area contributed by atoms with Crippen LogP contribution in [-0.2, 0) is 11.2 Å². The maximum absolute atomic E-state index is 11.8. The van der Waals surface area contributed by atoms with Crippen LogP contribution in [0.3, 0.4) is 0 Å². The van der Waals surface area contributed by atoms with Gasteiger partial charge in [-0.3, -0.25) is 4.90 Å². The van der Waals surface area contributed by atoms with Gasteiger partial charge in [0.15, 0.2) is 0 Å². The molecule has 1 fully saturated rings. The second-order valence-electron chi connectivity index (χ2n) is 5.57. The number of nitrogens with zero attached hydrogens (tertiary/aromatic N) is 2. The lowest BCUT2D eigenvalue weighted by Crippen LogP contribution is -2.50. The molecule has 1 unspecified atom stereocenters. The van der Waals surface area contributed by atoms with Crippen LogP contribution in [0.1, 0.15) is 5.56 Å². The molecule has 0 bridgehead atoms. The molecule has 0 radical (unpaired) electrons. The van der Waals surface area contributed by atoms with E-state index in [-0.39, 0.29) is 6.03 Å². The molecule has 2 rings (SSSR count). The van der Waals surface area contributed by atoms with E-state index in [0.717, 1.165) is 32.7 Å². The molecule has 1 aliphatic heterocycles. The summed E-state index contributed by atoms with van der Waals surface area (Å²) in [5.74, 6) is 0. The SMILES string of the molecule is CN(C)C(=O)NCC(Cc1ccccc1)N1CCOCC1. The number of hydrogen-bond donors (Lipinski definition) is 1. The van der Waals surface area contributed by atoms with Gasteiger partial charge >= 0.3 is 6.03 Å². The third-order valence-corrected chi connectivity index (χ3v) is 3.77. The van der Waals surface area contributed by atoms with Gasteiger partial charge in [0.2, 0.25) is 0 Å². The molecule has 2 amide bonds. The first kappa shape index (κ1) is 15.8. The minimum Gasteiger partial charge on any atom is -0.379 e. The Morgan fingerprint density at radius 2 is 1.95 bits per heavy atom. The van der Waals surface area contributed by atoms with Gasteiger partial charge < -0.3 is 15.0 Å². The van der Waals surface area contributed by atoms with Crippen molar-refractivity contribution in [3.8, 4) is 0 Å². The second-order valence-corrected chi connectivity index (χ2v) is 5.57. The highest BCUT2D eigenvalue weighted by atomic mass is 16.5. The molecule has 0 aliphatic carbocycles. The molecule has 1 aliphatic rings. The number of amides is 2. The quantitative estimate of drug-likeness (QED) is 0.886. The van der Waals surface area contributed by atoms with Crippen molar-refractivity contribution in [1.82, 2.24) is 15.1 Å². The molecular weight excluding hydrogens is 266 g/mol. The number of benzene rings is 1. The Balaban J connectivity index is 1.97. The van der Waals surface area contributed by atoms with Gasteiger partial charge in [-0.1, -0.05) is 30.3 Å². The molecule has 5 heteroatoms. The lowest BCUT2D eigenvalue weighted by molar-refractivity contribution is 0.0171. The summed E-state index contributed by atoms with van der Waals surface area (Å²) in [7, 11) is 3.52. The molecule has 1 N–H and O–H groups in total.